The first-order chi connectivity index (χ1) is 6.09. The molecule has 1 heterocycles. The molecule has 3 nitrogen and oxygen atoms in total. The van der Waals surface area contributed by atoms with Gasteiger partial charge >= 0.3 is 0 Å². The summed E-state index contributed by atoms with van der Waals surface area (Å²) in [6.45, 7) is 1.94. The van der Waals surface area contributed by atoms with Crippen LogP contribution in [0.5, 0.6) is 0 Å². The van der Waals surface area contributed by atoms with Crippen molar-refractivity contribution in [3.8, 4) is 0 Å². The Morgan fingerprint density at radius 1 is 1.38 bits per heavy atom. The van der Waals surface area contributed by atoms with Crippen molar-refractivity contribution in [3.63, 3.8) is 0 Å². The van der Waals surface area contributed by atoms with Crippen molar-refractivity contribution >= 4 is 23.0 Å². The molecule has 0 aliphatic heterocycles. The minimum absolute atomic E-state index is 0.00287. The van der Waals surface area contributed by atoms with Crippen molar-refractivity contribution in [2.24, 2.45) is 5.73 Å². The normalized spacial score (nSPS) is 9.92. The lowest BCUT2D eigenvalue weighted by molar-refractivity contribution is -0.117. The van der Waals surface area contributed by atoms with E-state index in [9.17, 15) is 9.59 Å². The van der Waals surface area contributed by atoms with E-state index in [0.717, 1.165) is 4.88 Å². The molecule has 0 aromatic carbocycles. The fourth-order valence-corrected chi connectivity index (χ4v) is 1.78. The summed E-state index contributed by atoms with van der Waals surface area (Å²) in [5.74, 6) is -0.432. The number of Topliss-reactive ketones (excluding diaryl/α,β-unsaturated/α-hetero) is 1. The van der Waals surface area contributed by atoms with Gasteiger partial charge in [-0.05, 0) is 19.1 Å². The molecule has 13 heavy (non-hydrogen) atoms. The smallest absolute Gasteiger partial charge is 0.217 e. The van der Waals surface area contributed by atoms with Gasteiger partial charge in [0, 0.05) is 17.7 Å². The molecule has 0 atom stereocenters. The summed E-state index contributed by atoms with van der Waals surface area (Å²) in [6.07, 6.45) is 0.352. The number of thiophene rings is 1. The fourth-order valence-electron chi connectivity index (χ4n) is 0.944. The molecule has 0 saturated carbocycles. The Bertz CT molecular complexity index is 330. The summed E-state index contributed by atoms with van der Waals surface area (Å²) in [7, 11) is 0. The van der Waals surface area contributed by atoms with Crippen LogP contribution in [0.3, 0.4) is 0 Å². The van der Waals surface area contributed by atoms with E-state index in [1.54, 1.807) is 6.07 Å². The Morgan fingerprint density at radius 2 is 2.08 bits per heavy atom. The third-order valence-corrected chi connectivity index (χ3v) is 2.66. The minimum atomic E-state index is -0.429. The number of hydrogen-bond acceptors (Lipinski definition) is 3. The van der Waals surface area contributed by atoms with Crippen LogP contribution in [0.25, 0.3) is 0 Å². The highest BCUT2D eigenvalue weighted by molar-refractivity contribution is 7.14. The Hall–Kier alpha value is -1.16. The van der Waals surface area contributed by atoms with Crippen LogP contribution in [0.4, 0.5) is 0 Å². The average Bonchev–Trinajstić information content (AvgIpc) is 2.47. The number of amides is 1. The van der Waals surface area contributed by atoms with E-state index in [4.69, 9.17) is 5.73 Å². The Morgan fingerprint density at radius 3 is 2.54 bits per heavy atom. The Kier molecular flexibility index (Phi) is 3.19. The maximum atomic E-state index is 11.4. The van der Waals surface area contributed by atoms with Gasteiger partial charge in [0.15, 0.2) is 5.78 Å². The van der Waals surface area contributed by atoms with Gasteiger partial charge in [0.05, 0.1) is 4.88 Å². The number of primary amides is 1. The standard InChI is InChI=1S/C9H11NO2S/c1-6-2-4-8(13-6)7(11)3-5-9(10)12/h2,4H,3,5H2,1H3,(H2,10,12). The second-order valence-electron chi connectivity index (χ2n) is 2.80. The predicted octanol–water partition coefficient (Wildman–Crippen LogP) is 1.50. The van der Waals surface area contributed by atoms with Crippen LogP contribution in [-0.4, -0.2) is 11.7 Å². The first-order valence-corrected chi connectivity index (χ1v) is 4.79. The molecule has 0 spiro atoms. The van der Waals surface area contributed by atoms with Gasteiger partial charge in [0.1, 0.15) is 0 Å². The van der Waals surface area contributed by atoms with Crippen molar-refractivity contribution in [1.82, 2.24) is 0 Å². The average molecular weight is 197 g/mol. The molecule has 0 bridgehead atoms. The van der Waals surface area contributed by atoms with Gasteiger partial charge in [-0.3, -0.25) is 9.59 Å². The van der Waals surface area contributed by atoms with Crippen LogP contribution in [0.15, 0.2) is 12.1 Å². The van der Waals surface area contributed by atoms with Crippen molar-refractivity contribution in [2.45, 2.75) is 19.8 Å². The van der Waals surface area contributed by atoms with Crippen molar-refractivity contribution in [2.75, 3.05) is 0 Å². The number of ketones is 1. The fraction of sp³-hybridized carbons (Fsp3) is 0.333. The minimum Gasteiger partial charge on any atom is -0.370 e. The van der Waals surface area contributed by atoms with E-state index in [1.165, 1.54) is 11.3 Å². The molecule has 1 aromatic heterocycles. The van der Waals surface area contributed by atoms with Crippen molar-refractivity contribution < 1.29 is 9.59 Å². The highest BCUT2D eigenvalue weighted by Crippen LogP contribution is 2.17. The van der Waals surface area contributed by atoms with Crippen LogP contribution >= 0.6 is 11.3 Å². The van der Waals surface area contributed by atoms with Gasteiger partial charge in [-0.15, -0.1) is 11.3 Å². The molecule has 0 saturated heterocycles. The maximum absolute atomic E-state index is 11.4. The number of aryl methyl sites for hydroxylation is 1. The third-order valence-electron chi connectivity index (χ3n) is 1.61. The molecule has 0 aliphatic carbocycles. The lowest BCUT2D eigenvalue weighted by Gasteiger charge is -1.93. The number of carbonyl (C=O) groups is 2. The second kappa shape index (κ2) is 4.18. The Balaban J connectivity index is 2.54. The molecule has 0 fully saturated rings. The summed E-state index contributed by atoms with van der Waals surface area (Å²) in [5.41, 5.74) is 4.94. The zero-order valence-corrected chi connectivity index (χ0v) is 8.19. The highest BCUT2D eigenvalue weighted by atomic mass is 32.1. The molecular formula is C9H11NO2S. The number of carbonyl (C=O) groups excluding carboxylic acids is 2. The number of hydrogen-bond donors (Lipinski definition) is 1. The number of nitrogens with two attached hydrogens (primary N) is 1. The molecule has 70 valence electrons. The van der Waals surface area contributed by atoms with E-state index >= 15 is 0 Å². The highest BCUT2D eigenvalue weighted by Gasteiger charge is 2.08. The molecule has 1 rings (SSSR count). The summed E-state index contributed by atoms with van der Waals surface area (Å²) in [4.78, 5) is 23.6. The quantitative estimate of drug-likeness (QED) is 0.743. The molecule has 2 N–H and O–H groups in total. The number of rotatable bonds is 4. The zero-order chi connectivity index (χ0) is 9.84. The molecule has 1 aromatic rings. The van der Waals surface area contributed by atoms with E-state index in [1.807, 2.05) is 13.0 Å². The monoisotopic (exact) mass is 197 g/mol. The summed E-state index contributed by atoms with van der Waals surface area (Å²) in [6, 6.07) is 3.67. The molecule has 4 heteroatoms. The summed E-state index contributed by atoms with van der Waals surface area (Å²) in [5, 5.41) is 0. The van der Waals surface area contributed by atoms with Crippen molar-refractivity contribution in [3.05, 3.63) is 21.9 Å². The largest absolute Gasteiger partial charge is 0.370 e. The molecule has 1 amide bonds. The first kappa shape index (κ1) is 9.92. The van der Waals surface area contributed by atoms with Crippen LogP contribution in [0.2, 0.25) is 0 Å². The lowest BCUT2D eigenvalue weighted by Crippen LogP contribution is -2.12. The van der Waals surface area contributed by atoms with Crippen molar-refractivity contribution in [1.29, 1.82) is 0 Å². The summed E-state index contributed by atoms with van der Waals surface area (Å²) < 4.78 is 0. The van der Waals surface area contributed by atoms with Gasteiger partial charge in [-0.2, -0.15) is 0 Å². The molecular weight excluding hydrogens is 186 g/mol. The van der Waals surface area contributed by atoms with E-state index in [-0.39, 0.29) is 18.6 Å². The van der Waals surface area contributed by atoms with Gasteiger partial charge in [0.25, 0.3) is 0 Å². The molecule has 0 aliphatic rings. The van der Waals surface area contributed by atoms with E-state index < -0.39 is 5.91 Å². The van der Waals surface area contributed by atoms with E-state index in [2.05, 4.69) is 0 Å². The summed E-state index contributed by atoms with van der Waals surface area (Å²) >= 11 is 1.45. The van der Waals surface area contributed by atoms with Crippen LogP contribution in [-0.2, 0) is 4.79 Å². The van der Waals surface area contributed by atoms with Gasteiger partial charge < -0.3 is 5.73 Å². The third kappa shape index (κ3) is 2.99. The SMILES string of the molecule is Cc1ccc(C(=O)CCC(N)=O)s1. The Labute approximate surface area is 80.6 Å². The van der Waals surface area contributed by atoms with Gasteiger partial charge in [-0.1, -0.05) is 0 Å². The van der Waals surface area contributed by atoms with E-state index in [0.29, 0.717) is 4.88 Å². The van der Waals surface area contributed by atoms with Crippen LogP contribution in [0.1, 0.15) is 27.4 Å². The molecule has 0 radical (unpaired) electrons. The molecule has 0 unspecified atom stereocenters. The van der Waals surface area contributed by atoms with Crippen LogP contribution in [0, 0.1) is 6.92 Å². The lowest BCUT2D eigenvalue weighted by atomic mass is 10.2. The second-order valence-corrected chi connectivity index (χ2v) is 4.09. The topological polar surface area (TPSA) is 60.2 Å². The van der Waals surface area contributed by atoms with Crippen LogP contribution < -0.4 is 5.73 Å². The van der Waals surface area contributed by atoms with Gasteiger partial charge in [-0.25, -0.2) is 0 Å². The predicted molar refractivity (Wildman–Crippen MR) is 51.8 cm³/mol. The maximum Gasteiger partial charge on any atom is 0.217 e. The zero-order valence-electron chi connectivity index (χ0n) is 7.37. The first-order valence-electron chi connectivity index (χ1n) is 3.97. The van der Waals surface area contributed by atoms with Gasteiger partial charge in [0.2, 0.25) is 5.91 Å².